The number of fused-ring (bicyclic) bond motifs is 3. The summed E-state index contributed by atoms with van der Waals surface area (Å²) < 4.78 is 6.23. The molecule has 1 amide bonds. The molecule has 228 valence electrons. The number of hydrogen-bond acceptors (Lipinski definition) is 11. The summed E-state index contributed by atoms with van der Waals surface area (Å²) in [5.74, 6) is -5.47. The molecule has 3 aliphatic carbocycles. The molecule has 2 aromatic rings. The van der Waals surface area contributed by atoms with Crippen LogP contribution in [0.1, 0.15) is 23.3 Å². The summed E-state index contributed by atoms with van der Waals surface area (Å²) in [5.41, 5.74) is 2.93. The molecule has 0 radical (unpaired) electrons. The van der Waals surface area contributed by atoms with E-state index in [1.807, 2.05) is 12.1 Å². The van der Waals surface area contributed by atoms with Crippen molar-refractivity contribution in [3.8, 4) is 17.1 Å². The van der Waals surface area contributed by atoms with Crippen LogP contribution >= 0.6 is 0 Å². The number of phenolic OH excluding ortho intramolecular Hbond substituents is 1. The van der Waals surface area contributed by atoms with E-state index in [2.05, 4.69) is 16.8 Å². The monoisotopic (exact) mass is 592 g/mol. The third-order valence-corrected chi connectivity index (χ3v) is 9.51. The molecular weight excluding hydrogens is 556 g/mol. The molecule has 12 nitrogen and oxygen atoms in total. The maximum atomic E-state index is 14.0. The van der Waals surface area contributed by atoms with E-state index in [1.165, 1.54) is 11.0 Å². The van der Waals surface area contributed by atoms with Crippen molar-refractivity contribution in [1.82, 2.24) is 14.7 Å². The van der Waals surface area contributed by atoms with Crippen LogP contribution in [0.2, 0.25) is 0 Å². The van der Waals surface area contributed by atoms with Gasteiger partial charge < -0.3 is 35.5 Å². The predicted molar refractivity (Wildman–Crippen MR) is 155 cm³/mol. The summed E-state index contributed by atoms with van der Waals surface area (Å²) >= 11 is 0. The number of hydrogen-bond donors (Lipinski definition) is 5. The number of amides is 1. The second-order valence-corrected chi connectivity index (χ2v) is 12.3. The van der Waals surface area contributed by atoms with Gasteiger partial charge in [-0.25, -0.2) is 0 Å². The molecule has 1 aromatic carbocycles. The Bertz CT molecular complexity index is 1600. The molecule has 1 aliphatic heterocycles. The van der Waals surface area contributed by atoms with E-state index in [9.17, 15) is 34.8 Å². The number of rotatable bonds is 5. The number of primary amides is 1. The Morgan fingerprint density at radius 1 is 1.09 bits per heavy atom. The Hall–Kier alpha value is -3.97. The maximum absolute atomic E-state index is 14.0. The van der Waals surface area contributed by atoms with Gasteiger partial charge in [-0.15, -0.1) is 0 Å². The zero-order chi connectivity index (χ0) is 31.0. The third-order valence-electron chi connectivity index (χ3n) is 9.51. The van der Waals surface area contributed by atoms with E-state index in [0.29, 0.717) is 23.4 Å². The smallest absolute Gasteiger partial charge is 0.255 e. The first-order valence-electron chi connectivity index (χ1n) is 14.3. The number of aliphatic hydroxyl groups excluding tert-OH is 2. The predicted octanol–water partition coefficient (Wildman–Crippen LogP) is 0.971. The van der Waals surface area contributed by atoms with Crippen molar-refractivity contribution >= 4 is 23.2 Å². The van der Waals surface area contributed by atoms with Gasteiger partial charge in [0.25, 0.3) is 5.91 Å². The van der Waals surface area contributed by atoms with E-state index in [1.54, 1.807) is 20.2 Å². The highest BCUT2D eigenvalue weighted by Gasteiger charge is 2.64. The number of ketones is 2. The minimum absolute atomic E-state index is 0.0215. The van der Waals surface area contributed by atoms with Crippen LogP contribution in [0.4, 0.5) is 0 Å². The van der Waals surface area contributed by atoms with Crippen LogP contribution in [0.15, 0.2) is 45.6 Å². The van der Waals surface area contributed by atoms with Crippen LogP contribution in [-0.2, 0) is 27.3 Å². The molecule has 12 heteroatoms. The van der Waals surface area contributed by atoms with Crippen LogP contribution in [0.25, 0.3) is 17.1 Å². The van der Waals surface area contributed by atoms with Gasteiger partial charge in [0.15, 0.2) is 11.4 Å². The van der Waals surface area contributed by atoms with E-state index in [-0.39, 0.29) is 29.7 Å². The van der Waals surface area contributed by atoms with Crippen molar-refractivity contribution in [3.63, 3.8) is 0 Å². The van der Waals surface area contributed by atoms with E-state index in [0.717, 1.165) is 31.9 Å². The Morgan fingerprint density at radius 2 is 1.79 bits per heavy atom. The summed E-state index contributed by atoms with van der Waals surface area (Å²) in [6.45, 7) is 4.44. The summed E-state index contributed by atoms with van der Waals surface area (Å²) in [5, 5.41) is 45.1. The first-order chi connectivity index (χ1) is 20.3. The normalized spacial score (nSPS) is 28.3. The van der Waals surface area contributed by atoms with Crippen molar-refractivity contribution in [2.24, 2.45) is 17.6 Å². The Labute approximate surface area is 248 Å². The largest absolute Gasteiger partial charge is 0.508 e. The van der Waals surface area contributed by atoms with Crippen molar-refractivity contribution in [1.29, 1.82) is 0 Å². The lowest BCUT2D eigenvalue weighted by atomic mass is 9.57. The van der Waals surface area contributed by atoms with Crippen LogP contribution < -0.4 is 5.73 Å². The second kappa shape index (κ2) is 10.3. The molecule has 1 saturated carbocycles. The third kappa shape index (κ3) is 4.39. The number of aliphatic hydroxyl groups is 3. The molecule has 2 fully saturated rings. The zero-order valence-corrected chi connectivity index (χ0v) is 24.3. The average molecular weight is 593 g/mol. The molecule has 0 spiro atoms. The molecule has 2 heterocycles. The maximum Gasteiger partial charge on any atom is 0.255 e. The first kappa shape index (κ1) is 29.1. The molecule has 6 N–H and O–H groups in total. The second-order valence-electron chi connectivity index (χ2n) is 12.3. The van der Waals surface area contributed by atoms with Gasteiger partial charge in [0.2, 0.25) is 5.78 Å². The number of carbonyl (C=O) groups is 3. The van der Waals surface area contributed by atoms with Crippen LogP contribution in [0.3, 0.4) is 0 Å². The number of aromatic hydroxyl groups is 1. The molecule has 0 bridgehead atoms. The number of furan rings is 1. The summed E-state index contributed by atoms with van der Waals surface area (Å²) in [4.78, 5) is 45.5. The van der Waals surface area contributed by atoms with Gasteiger partial charge >= 0.3 is 0 Å². The van der Waals surface area contributed by atoms with Crippen LogP contribution in [0.5, 0.6) is 5.75 Å². The van der Waals surface area contributed by atoms with Crippen molar-refractivity contribution in [3.05, 3.63) is 58.1 Å². The number of benzene rings is 1. The highest BCUT2D eigenvalue weighted by atomic mass is 16.4. The van der Waals surface area contributed by atoms with Gasteiger partial charge in [-0.05, 0) is 69.7 Å². The Kier molecular flexibility index (Phi) is 7.00. The molecular formula is C31H36N4O8. The molecule has 4 unspecified atom stereocenters. The van der Waals surface area contributed by atoms with Crippen LogP contribution in [0, 0.1) is 11.8 Å². The SMILES string of the molecule is CN1CCN(Cc2ccc(-c3ccc(O)c4c3CC3CC5C(N(C)C)C(=O)C(C(N)=O)=C(O)C5(O)C(=O)C3=C4O)o2)CC1. The molecule has 1 aromatic heterocycles. The van der Waals surface area contributed by atoms with Crippen molar-refractivity contribution < 1.29 is 39.2 Å². The van der Waals surface area contributed by atoms with Gasteiger partial charge in [0, 0.05) is 43.2 Å². The van der Waals surface area contributed by atoms with E-state index < -0.39 is 58.0 Å². The van der Waals surface area contributed by atoms with Crippen molar-refractivity contribution in [2.75, 3.05) is 47.3 Å². The van der Waals surface area contributed by atoms with E-state index >= 15 is 0 Å². The van der Waals surface area contributed by atoms with Crippen molar-refractivity contribution in [2.45, 2.75) is 31.0 Å². The summed E-state index contributed by atoms with van der Waals surface area (Å²) in [6.07, 6.45) is 0.209. The quantitative estimate of drug-likeness (QED) is 0.312. The summed E-state index contributed by atoms with van der Waals surface area (Å²) in [6, 6.07) is 5.72. The van der Waals surface area contributed by atoms with Gasteiger partial charge in [-0.3, -0.25) is 24.2 Å². The number of Topliss-reactive ketones (excluding diaryl/α,β-unsaturated/α-hetero) is 2. The number of phenols is 1. The fourth-order valence-electron chi connectivity index (χ4n) is 7.31. The van der Waals surface area contributed by atoms with Gasteiger partial charge in [0.05, 0.1) is 18.2 Å². The number of nitrogens with two attached hydrogens (primary N) is 1. The zero-order valence-electron chi connectivity index (χ0n) is 24.3. The number of likely N-dealkylation sites (N-methyl/N-ethyl adjacent to an activating group) is 2. The van der Waals surface area contributed by atoms with Crippen LogP contribution in [-0.4, -0.2) is 112 Å². The molecule has 4 aliphatic rings. The van der Waals surface area contributed by atoms with Gasteiger partial charge in [-0.1, -0.05) is 0 Å². The highest BCUT2D eigenvalue weighted by molar-refractivity contribution is 6.24. The lowest BCUT2D eigenvalue weighted by molar-refractivity contribution is -0.153. The highest BCUT2D eigenvalue weighted by Crippen LogP contribution is 2.53. The Morgan fingerprint density at radius 3 is 2.44 bits per heavy atom. The minimum Gasteiger partial charge on any atom is -0.508 e. The fourth-order valence-corrected chi connectivity index (χ4v) is 7.31. The number of nitrogens with zero attached hydrogens (tertiary/aromatic N) is 3. The average Bonchev–Trinajstić information content (AvgIpc) is 3.40. The molecule has 4 atom stereocenters. The minimum atomic E-state index is -2.67. The standard InChI is InChI=1S/C31H36N4O8/c1-33(2)25-19-13-15-12-18-17(21-7-4-16(43-21)14-35-10-8-34(3)9-11-35)5-6-20(36)23(18)26(37)22(15)28(39)31(19,42)29(40)24(27(25)38)30(32)41/h4-7,15,19,25,36-37,40,42H,8-14H2,1-3H3,(H2,32,41). The molecule has 43 heavy (non-hydrogen) atoms. The van der Waals surface area contributed by atoms with Gasteiger partial charge in [-0.2, -0.15) is 0 Å². The fraction of sp³-hybridized carbons (Fsp3) is 0.452. The Balaban J connectivity index is 1.42. The topological polar surface area (TPSA) is 181 Å². The number of piperazine rings is 1. The van der Waals surface area contributed by atoms with Gasteiger partial charge in [0.1, 0.15) is 34.4 Å². The molecule has 1 saturated heterocycles. The van der Waals surface area contributed by atoms with E-state index in [4.69, 9.17) is 10.2 Å². The lowest BCUT2D eigenvalue weighted by Crippen LogP contribution is -2.65. The first-order valence-corrected chi connectivity index (χ1v) is 14.3. The summed E-state index contributed by atoms with van der Waals surface area (Å²) in [7, 11) is 5.23. The number of carbonyl (C=O) groups excluding carboxylic acids is 3. The lowest BCUT2D eigenvalue weighted by Gasteiger charge is -2.50. The molecule has 6 rings (SSSR count).